The van der Waals surface area contributed by atoms with Crippen LogP contribution in [0.15, 0.2) is 58.2 Å². The van der Waals surface area contributed by atoms with Gasteiger partial charge in [0.1, 0.15) is 0 Å². The molecule has 5 nitrogen and oxygen atoms in total. The Hall–Kier alpha value is -1.48. The van der Waals surface area contributed by atoms with Crippen molar-refractivity contribution in [1.82, 2.24) is 9.71 Å². The van der Waals surface area contributed by atoms with Crippen LogP contribution in [0, 0.1) is 0 Å². The first-order valence-corrected chi connectivity index (χ1v) is 14.8. The molecular weight excluding hydrogens is 468 g/mol. The van der Waals surface area contributed by atoms with E-state index in [1.54, 1.807) is 29.8 Å². The number of amides is 1. The number of pyridine rings is 1. The molecule has 2 rings (SSSR count). The Morgan fingerprint density at radius 1 is 1.24 bits per heavy atom. The van der Waals surface area contributed by atoms with Crippen molar-refractivity contribution in [3.63, 3.8) is 0 Å². The van der Waals surface area contributed by atoms with E-state index in [4.69, 9.17) is 4.43 Å². The summed E-state index contributed by atoms with van der Waals surface area (Å²) in [6.45, 7) is 11.4. The lowest BCUT2D eigenvalue weighted by atomic mass is 10.2. The maximum atomic E-state index is 13.7. The van der Waals surface area contributed by atoms with Crippen LogP contribution in [-0.2, 0) is 14.1 Å². The molecule has 0 fully saturated rings. The van der Waals surface area contributed by atoms with Gasteiger partial charge in [-0.3, -0.25) is 14.5 Å². The molecule has 0 aliphatic carbocycles. The summed E-state index contributed by atoms with van der Waals surface area (Å²) in [6, 6.07) is 10.6. The summed E-state index contributed by atoms with van der Waals surface area (Å²) in [7, 11) is -4.80. The molecule has 0 aliphatic rings. The van der Waals surface area contributed by atoms with Gasteiger partial charge in [0.25, 0.3) is 5.91 Å². The lowest BCUT2D eigenvalue weighted by Crippen LogP contribution is -2.41. The highest BCUT2D eigenvalue weighted by Crippen LogP contribution is 2.36. The van der Waals surface area contributed by atoms with Crippen LogP contribution in [0.5, 0.6) is 0 Å². The molecular formula is C21H29BrN2O3SSi. The van der Waals surface area contributed by atoms with Gasteiger partial charge in [-0.05, 0) is 64.0 Å². The Balaban J connectivity index is 2.24. The van der Waals surface area contributed by atoms with E-state index < -0.39 is 23.9 Å². The fraction of sp³-hybridized carbons (Fsp3) is 0.381. The Morgan fingerprint density at radius 2 is 1.90 bits per heavy atom. The largest absolute Gasteiger partial charge is 0.416 e. The molecule has 2 aromatic rings. The van der Waals surface area contributed by atoms with Crippen molar-refractivity contribution in [1.29, 1.82) is 0 Å². The van der Waals surface area contributed by atoms with Gasteiger partial charge in [0.2, 0.25) is 0 Å². The van der Waals surface area contributed by atoms with Gasteiger partial charge in [0.05, 0.1) is 15.3 Å². The van der Waals surface area contributed by atoms with Gasteiger partial charge in [0.15, 0.2) is 8.32 Å². The van der Waals surface area contributed by atoms with Gasteiger partial charge in [-0.15, -0.1) is 0 Å². The second kappa shape index (κ2) is 9.55. The number of carbonyl (C=O) groups excluding carboxylic acids is 1. The maximum Gasteiger partial charge on any atom is 0.264 e. The van der Waals surface area contributed by atoms with Crippen LogP contribution in [0.1, 0.15) is 37.6 Å². The van der Waals surface area contributed by atoms with E-state index in [9.17, 15) is 9.00 Å². The van der Waals surface area contributed by atoms with E-state index in [-0.39, 0.29) is 5.04 Å². The summed E-state index contributed by atoms with van der Waals surface area (Å²) >= 11 is 3.31. The third-order valence-electron chi connectivity index (χ3n) is 5.04. The minimum absolute atomic E-state index is 0.107. The average Bonchev–Trinajstić information content (AvgIpc) is 2.65. The van der Waals surface area contributed by atoms with Crippen LogP contribution >= 0.6 is 15.9 Å². The number of hydrogen-bond acceptors (Lipinski definition) is 4. The van der Waals surface area contributed by atoms with Gasteiger partial charge in [-0.25, -0.2) is 4.21 Å². The van der Waals surface area contributed by atoms with E-state index in [0.29, 0.717) is 28.0 Å². The second-order valence-electron chi connectivity index (χ2n) is 8.30. The quantitative estimate of drug-likeness (QED) is 0.330. The Labute approximate surface area is 183 Å². The van der Waals surface area contributed by atoms with Crippen molar-refractivity contribution in [3.05, 3.63) is 58.8 Å². The topological polar surface area (TPSA) is 68.3 Å². The molecule has 0 radical (unpaired) electrons. The molecule has 8 heteroatoms. The summed E-state index contributed by atoms with van der Waals surface area (Å²) in [5.74, 6) is -0.436. The number of hydrogen-bond donors (Lipinski definition) is 1. The smallest absolute Gasteiger partial charge is 0.264 e. The van der Waals surface area contributed by atoms with Gasteiger partial charge in [-0.1, -0.05) is 39.0 Å². The molecule has 0 bridgehead atoms. The van der Waals surface area contributed by atoms with Crippen molar-refractivity contribution < 1.29 is 13.4 Å². The maximum absolute atomic E-state index is 13.7. The monoisotopic (exact) mass is 496 g/mol. The minimum atomic E-state index is -2.91. The third-order valence-corrected chi connectivity index (χ3v) is 12.2. The van der Waals surface area contributed by atoms with Crippen molar-refractivity contribution in [2.45, 2.75) is 50.2 Å². The Kier molecular flexibility index (Phi) is 7.84. The van der Waals surface area contributed by atoms with Gasteiger partial charge < -0.3 is 4.43 Å². The van der Waals surface area contributed by atoms with Crippen molar-refractivity contribution in [2.24, 2.45) is 0 Å². The predicted octanol–water partition coefficient (Wildman–Crippen LogP) is 5.05. The number of halogens is 1. The zero-order valence-corrected chi connectivity index (χ0v) is 21.0. The van der Waals surface area contributed by atoms with Gasteiger partial charge >= 0.3 is 0 Å². The Morgan fingerprint density at radius 3 is 2.48 bits per heavy atom. The van der Waals surface area contributed by atoms with Crippen LogP contribution in [0.25, 0.3) is 0 Å². The standard InChI is InChI=1S/C21H29BrN2O3SSi/c1-21(2,3)29(4,5)27-12-9-13-28(26,19-10-7-6-8-11-19)24-20(25)17-14-18(22)16-23-15-17/h6-8,10-11,13-16H,9,12H2,1-5H3,(H,24,25,26). The first kappa shape index (κ1) is 23.8. The second-order valence-corrected chi connectivity index (χ2v) is 16.2. The number of benzene rings is 1. The van der Waals surface area contributed by atoms with Crippen LogP contribution in [0.2, 0.25) is 18.1 Å². The summed E-state index contributed by atoms with van der Waals surface area (Å²) in [6.07, 6.45) is 3.51. The van der Waals surface area contributed by atoms with Gasteiger partial charge in [-0.2, -0.15) is 0 Å². The predicted molar refractivity (Wildman–Crippen MR) is 126 cm³/mol. The molecule has 1 atom stereocenters. The molecule has 0 aliphatic heterocycles. The molecule has 1 unspecified atom stereocenters. The normalized spacial score (nSPS) is 14.1. The molecule has 1 heterocycles. The molecule has 29 heavy (non-hydrogen) atoms. The van der Waals surface area contributed by atoms with E-state index in [2.05, 4.69) is 59.5 Å². The molecule has 1 N–H and O–H groups in total. The zero-order valence-electron chi connectivity index (χ0n) is 17.6. The molecule has 0 saturated carbocycles. The highest BCUT2D eigenvalue weighted by atomic mass is 79.9. The summed E-state index contributed by atoms with van der Waals surface area (Å²) < 4.78 is 23.3. The van der Waals surface area contributed by atoms with E-state index in [1.807, 2.05) is 18.2 Å². The average molecular weight is 498 g/mol. The number of carbonyl (C=O) groups is 1. The molecule has 1 aromatic heterocycles. The summed E-state index contributed by atoms with van der Waals surface area (Å²) in [4.78, 5) is 17.3. The van der Waals surface area contributed by atoms with E-state index in [0.717, 1.165) is 0 Å². The van der Waals surface area contributed by atoms with Gasteiger partial charge in [0, 0.05) is 28.4 Å². The van der Waals surface area contributed by atoms with Crippen LogP contribution in [0.3, 0.4) is 0 Å². The van der Waals surface area contributed by atoms with Crippen LogP contribution < -0.4 is 4.72 Å². The summed E-state index contributed by atoms with van der Waals surface area (Å²) in [5, 5.41) is 1.77. The lowest BCUT2D eigenvalue weighted by Gasteiger charge is -2.36. The first-order valence-electron chi connectivity index (χ1n) is 9.44. The fourth-order valence-corrected chi connectivity index (χ4v) is 5.50. The highest BCUT2D eigenvalue weighted by Gasteiger charge is 2.36. The minimum Gasteiger partial charge on any atom is -0.416 e. The summed E-state index contributed by atoms with van der Waals surface area (Å²) in [5.41, 5.74) is 0.342. The highest BCUT2D eigenvalue weighted by molar-refractivity contribution is 9.10. The first-order chi connectivity index (χ1) is 13.4. The molecule has 1 aromatic carbocycles. The Bertz CT molecular complexity index is 965. The zero-order chi connectivity index (χ0) is 21.7. The number of nitrogens with zero attached hydrogens (tertiary/aromatic N) is 1. The van der Waals surface area contributed by atoms with Crippen LogP contribution in [0.4, 0.5) is 0 Å². The molecule has 158 valence electrons. The number of rotatable bonds is 7. The van der Waals surface area contributed by atoms with Crippen molar-refractivity contribution in [2.75, 3.05) is 6.61 Å². The molecule has 1 amide bonds. The van der Waals surface area contributed by atoms with E-state index in [1.165, 1.54) is 6.20 Å². The number of aromatic nitrogens is 1. The fourth-order valence-electron chi connectivity index (χ4n) is 2.30. The SMILES string of the molecule is CC(C)(C)[Si](C)(C)OCCC=S(=O)(NC(=O)c1cncc(Br)c1)c1ccccc1. The van der Waals surface area contributed by atoms with E-state index >= 15 is 0 Å². The van der Waals surface area contributed by atoms with Crippen molar-refractivity contribution >= 4 is 45.2 Å². The number of nitrogens with one attached hydrogen (secondary N) is 1. The lowest BCUT2D eigenvalue weighted by molar-refractivity contribution is 0.0982. The van der Waals surface area contributed by atoms with Crippen LogP contribution in [-0.4, -0.2) is 35.4 Å². The third kappa shape index (κ3) is 6.50. The molecule has 0 spiro atoms. The molecule has 0 saturated heterocycles. The van der Waals surface area contributed by atoms with Crippen molar-refractivity contribution in [3.8, 4) is 0 Å².